The maximum atomic E-state index is 13.9. The van der Waals surface area contributed by atoms with Crippen molar-refractivity contribution >= 4 is 27.3 Å². The van der Waals surface area contributed by atoms with Crippen LogP contribution in [0.2, 0.25) is 0 Å². The molecule has 13 heteroatoms. The normalized spacial score (nSPS) is 12.0. The fourth-order valence-electron chi connectivity index (χ4n) is 4.17. The Morgan fingerprint density at radius 1 is 1.00 bits per heavy atom. The number of alkyl halides is 3. The van der Waals surface area contributed by atoms with E-state index in [0.29, 0.717) is 26.1 Å². The third-order valence-corrected chi connectivity index (χ3v) is 7.97. The van der Waals surface area contributed by atoms with Crippen molar-refractivity contribution in [1.29, 1.82) is 0 Å². The summed E-state index contributed by atoms with van der Waals surface area (Å²) in [5, 5.41) is 0. The Labute approximate surface area is 210 Å². The van der Waals surface area contributed by atoms with Crippen LogP contribution in [0.15, 0.2) is 50.9 Å². The molecule has 3 rings (SSSR count). The van der Waals surface area contributed by atoms with Gasteiger partial charge in [0.25, 0.3) is 15.6 Å². The number of ketones is 1. The Balaban J connectivity index is 2.29. The summed E-state index contributed by atoms with van der Waals surface area (Å²) in [5.41, 5.74) is 3.14. The lowest BCUT2D eigenvalue weighted by Crippen LogP contribution is -2.44. The monoisotopic (exact) mass is 538 g/mol. The van der Waals surface area contributed by atoms with E-state index in [1.807, 2.05) is 0 Å². The van der Waals surface area contributed by atoms with Crippen LogP contribution in [0.3, 0.4) is 0 Å². The van der Waals surface area contributed by atoms with Gasteiger partial charge in [0.2, 0.25) is 0 Å². The predicted molar refractivity (Wildman–Crippen MR) is 132 cm³/mol. The molecule has 0 unspecified atom stereocenters. The summed E-state index contributed by atoms with van der Waals surface area (Å²) in [4.78, 5) is 38.0. The number of rotatable bonds is 6. The number of Topliss-reactive ketones (excluding diaryl/α,β-unsaturated/α-hetero) is 1. The average molecular weight is 539 g/mol. The van der Waals surface area contributed by atoms with Crippen molar-refractivity contribution < 1.29 is 26.4 Å². The van der Waals surface area contributed by atoms with E-state index in [0.717, 1.165) is 35.4 Å². The highest BCUT2D eigenvalue weighted by Crippen LogP contribution is 2.34. The summed E-state index contributed by atoms with van der Waals surface area (Å²) < 4.78 is 70.1. The van der Waals surface area contributed by atoms with Gasteiger partial charge in [0.1, 0.15) is 11.4 Å². The molecular formula is C24H25F3N4O5S. The lowest BCUT2D eigenvalue weighted by atomic mass is 10.1. The topological polar surface area (TPSA) is 124 Å². The van der Waals surface area contributed by atoms with Crippen LogP contribution < -0.4 is 21.3 Å². The molecule has 0 fully saturated rings. The van der Waals surface area contributed by atoms with E-state index >= 15 is 0 Å². The van der Waals surface area contributed by atoms with Gasteiger partial charge in [0.05, 0.1) is 22.7 Å². The molecule has 2 N–H and O–H groups in total. The van der Waals surface area contributed by atoms with Crippen molar-refractivity contribution in [1.82, 2.24) is 9.13 Å². The third-order valence-electron chi connectivity index (χ3n) is 5.89. The first-order valence-electron chi connectivity index (χ1n) is 10.8. The van der Waals surface area contributed by atoms with Crippen LogP contribution in [-0.4, -0.2) is 29.9 Å². The largest absolute Gasteiger partial charge is 0.416 e. The number of sulfonamides is 1. The molecule has 0 saturated carbocycles. The number of nitrogen functional groups attached to an aromatic ring is 1. The molecule has 0 saturated heterocycles. The van der Waals surface area contributed by atoms with E-state index in [1.165, 1.54) is 20.9 Å². The zero-order chi connectivity index (χ0) is 28.0. The van der Waals surface area contributed by atoms with Crippen LogP contribution in [0.5, 0.6) is 0 Å². The van der Waals surface area contributed by atoms with E-state index in [-0.39, 0.29) is 4.90 Å². The van der Waals surface area contributed by atoms with Crippen LogP contribution in [0.1, 0.15) is 32.6 Å². The van der Waals surface area contributed by atoms with Gasteiger partial charge in [0.15, 0.2) is 5.78 Å². The minimum Gasteiger partial charge on any atom is -0.384 e. The highest BCUT2D eigenvalue weighted by atomic mass is 32.2. The highest BCUT2D eigenvalue weighted by molar-refractivity contribution is 7.93. The summed E-state index contributed by atoms with van der Waals surface area (Å²) in [7, 11) is -2.30. The zero-order valence-corrected chi connectivity index (χ0v) is 21.5. The van der Waals surface area contributed by atoms with Gasteiger partial charge < -0.3 is 5.73 Å². The number of carbonyl (C=O) groups excluding carboxylic acids is 1. The van der Waals surface area contributed by atoms with Crippen LogP contribution >= 0.6 is 0 Å². The molecule has 0 spiro atoms. The first kappa shape index (κ1) is 27.7. The molecular weight excluding hydrogens is 513 g/mol. The molecule has 0 radical (unpaired) electrons. The number of aryl methyl sites for hydroxylation is 3. The number of anilines is 2. The molecule has 0 aliphatic carbocycles. The van der Waals surface area contributed by atoms with Gasteiger partial charge in [-0.05, 0) is 50.1 Å². The second-order valence-electron chi connectivity index (χ2n) is 8.68. The molecule has 9 nitrogen and oxygen atoms in total. The lowest BCUT2D eigenvalue weighted by Gasteiger charge is -2.27. The quantitative estimate of drug-likeness (QED) is 0.482. The van der Waals surface area contributed by atoms with Gasteiger partial charge in [-0.15, -0.1) is 0 Å². The van der Waals surface area contributed by atoms with Gasteiger partial charge >= 0.3 is 11.9 Å². The molecule has 0 bridgehead atoms. The highest BCUT2D eigenvalue weighted by Gasteiger charge is 2.35. The number of aromatic nitrogens is 2. The summed E-state index contributed by atoms with van der Waals surface area (Å²) in [5.74, 6) is -1.60. The van der Waals surface area contributed by atoms with Gasteiger partial charge in [0, 0.05) is 14.1 Å². The van der Waals surface area contributed by atoms with Gasteiger partial charge in [-0.2, -0.15) is 13.2 Å². The molecule has 1 aromatic heterocycles. The van der Waals surface area contributed by atoms with E-state index in [1.54, 1.807) is 19.1 Å². The van der Waals surface area contributed by atoms with Crippen molar-refractivity contribution in [3.8, 4) is 0 Å². The first-order valence-corrected chi connectivity index (χ1v) is 12.3. The maximum absolute atomic E-state index is 13.9. The zero-order valence-electron chi connectivity index (χ0n) is 20.7. The first-order chi connectivity index (χ1) is 17.0. The van der Waals surface area contributed by atoms with Crippen molar-refractivity contribution in [3.05, 3.63) is 85.1 Å². The Hall–Kier alpha value is -3.87. The Morgan fingerprint density at radius 3 is 2.11 bits per heavy atom. The summed E-state index contributed by atoms with van der Waals surface area (Å²) in [6.45, 7) is 3.76. The summed E-state index contributed by atoms with van der Waals surface area (Å²) in [6, 6.07) is 6.67. The molecule has 0 aliphatic heterocycles. The fraction of sp³-hybridized carbons (Fsp3) is 0.292. The maximum Gasteiger partial charge on any atom is 0.416 e. The number of hydrogen-bond donors (Lipinski definition) is 1. The average Bonchev–Trinajstić information content (AvgIpc) is 2.78. The van der Waals surface area contributed by atoms with E-state index in [4.69, 9.17) is 5.73 Å². The van der Waals surface area contributed by atoms with Crippen molar-refractivity contribution in [3.63, 3.8) is 0 Å². The number of halogens is 3. The smallest absolute Gasteiger partial charge is 0.384 e. The summed E-state index contributed by atoms with van der Waals surface area (Å²) in [6.07, 6.45) is -4.79. The number of hydrogen-bond acceptors (Lipinski definition) is 6. The molecule has 198 valence electrons. The van der Waals surface area contributed by atoms with Crippen LogP contribution in [0.25, 0.3) is 0 Å². The Morgan fingerprint density at radius 2 is 1.57 bits per heavy atom. The molecule has 0 amide bonds. The number of carbonyl (C=O) groups is 1. The SMILES string of the molecule is Cc1cc(C)c(S(=O)(=O)N(CC(=O)c2c(N)n(C)c(=O)n(C)c2=O)c2cccc(C(F)(F)F)c2)c(C)c1. The number of nitrogens with zero attached hydrogens (tertiary/aromatic N) is 3. The minimum atomic E-state index is -4.79. The van der Waals surface area contributed by atoms with E-state index in [2.05, 4.69) is 0 Å². The van der Waals surface area contributed by atoms with Crippen LogP contribution in [0, 0.1) is 20.8 Å². The Kier molecular flexibility index (Phi) is 7.15. The third kappa shape index (κ3) is 5.03. The van der Waals surface area contributed by atoms with Gasteiger partial charge in [-0.3, -0.25) is 23.0 Å². The minimum absolute atomic E-state index is 0.190. The van der Waals surface area contributed by atoms with Gasteiger partial charge in [-0.1, -0.05) is 23.8 Å². The molecule has 1 heterocycles. The number of nitrogens with two attached hydrogens (primary N) is 1. The molecule has 2 aromatic carbocycles. The van der Waals surface area contributed by atoms with E-state index < -0.39 is 62.4 Å². The Bertz CT molecular complexity index is 1620. The van der Waals surface area contributed by atoms with Crippen LogP contribution in [-0.2, 0) is 30.3 Å². The summed E-state index contributed by atoms with van der Waals surface area (Å²) >= 11 is 0. The number of benzene rings is 2. The lowest BCUT2D eigenvalue weighted by molar-refractivity contribution is -0.137. The molecule has 0 atom stereocenters. The molecule has 0 aliphatic rings. The van der Waals surface area contributed by atoms with E-state index in [9.17, 15) is 36.0 Å². The van der Waals surface area contributed by atoms with Crippen molar-refractivity contribution in [2.24, 2.45) is 14.1 Å². The molecule has 3 aromatic rings. The fourth-order valence-corrected chi connectivity index (χ4v) is 6.00. The van der Waals surface area contributed by atoms with Gasteiger partial charge in [-0.25, -0.2) is 13.2 Å². The molecule has 37 heavy (non-hydrogen) atoms. The van der Waals surface area contributed by atoms with Crippen molar-refractivity contribution in [2.45, 2.75) is 31.8 Å². The van der Waals surface area contributed by atoms with Crippen molar-refractivity contribution in [2.75, 3.05) is 16.6 Å². The predicted octanol–water partition coefficient (Wildman–Crippen LogP) is 2.69. The second kappa shape index (κ2) is 9.54. The second-order valence-corrected chi connectivity index (χ2v) is 10.5. The van der Waals surface area contributed by atoms with Crippen LogP contribution in [0.4, 0.5) is 24.7 Å². The standard InChI is InChI=1S/C24H25F3N4O5S/c1-13-9-14(2)20(15(3)10-13)37(35,36)31(17-8-6-7-16(11-17)24(25,26)27)12-18(32)19-21(28)29(4)23(34)30(5)22(19)33/h6-11H,12,28H2,1-5H3.